The number of rotatable bonds is 8. The fourth-order valence-electron chi connectivity index (χ4n) is 2.99. The second-order valence-corrected chi connectivity index (χ2v) is 6.87. The summed E-state index contributed by atoms with van der Waals surface area (Å²) in [4.78, 5) is 16.5. The van der Waals surface area contributed by atoms with E-state index < -0.39 is 0 Å². The van der Waals surface area contributed by atoms with Gasteiger partial charge >= 0.3 is 6.03 Å². The smallest absolute Gasteiger partial charge is 0.314 e. The molecule has 0 heterocycles. The lowest BCUT2D eigenvalue weighted by Crippen LogP contribution is -2.43. The topological polar surface area (TPSA) is 47.6 Å². The van der Waals surface area contributed by atoms with Crippen LogP contribution in [0.2, 0.25) is 0 Å². The molecule has 0 aliphatic rings. The molecule has 0 saturated carbocycles. The first-order valence-corrected chi connectivity index (χ1v) is 8.93. The maximum Gasteiger partial charge on any atom is 0.314 e. The van der Waals surface area contributed by atoms with Gasteiger partial charge in [0.1, 0.15) is 0 Å². The molecule has 2 rings (SSSR count). The molecule has 26 heavy (non-hydrogen) atoms. The van der Waals surface area contributed by atoms with Crippen molar-refractivity contribution in [1.82, 2.24) is 20.4 Å². The van der Waals surface area contributed by atoms with Gasteiger partial charge in [0.2, 0.25) is 0 Å². The van der Waals surface area contributed by atoms with E-state index in [0.29, 0.717) is 13.1 Å². The Labute approximate surface area is 157 Å². The molecule has 5 heteroatoms. The van der Waals surface area contributed by atoms with Crippen molar-refractivity contribution in [3.8, 4) is 0 Å². The van der Waals surface area contributed by atoms with Crippen LogP contribution in [0.1, 0.15) is 23.2 Å². The predicted molar refractivity (Wildman–Crippen MR) is 107 cm³/mol. The summed E-state index contributed by atoms with van der Waals surface area (Å²) in [6.45, 7) is 1.11. The molecule has 2 aromatic carbocycles. The minimum Gasteiger partial charge on any atom is -0.336 e. The summed E-state index contributed by atoms with van der Waals surface area (Å²) in [6.07, 6.45) is 0. The van der Waals surface area contributed by atoms with Crippen LogP contribution < -0.4 is 10.6 Å². The molecule has 2 atom stereocenters. The molecule has 0 aliphatic carbocycles. The van der Waals surface area contributed by atoms with Gasteiger partial charge in [-0.1, -0.05) is 60.7 Å². The average molecular weight is 354 g/mol. The van der Waals surface area contributed by atoms with Crippen molar-refractivity contribution < 1.29 is 4.79 Å². The van der Waals surface area contributed by atoms with Crippen LogP contribution in [0.4, 0.5) is 4.79 Å². The number of likely N-dealkylation sites (N-methyl/N-ethyl adjacent to an activating group) is 2. The lowest BCUT2D eigenvalue weighted by Gasteiger charge is -2.27. The maximum atomic E-state index is 12.3. The summed E-state index contributed by atoms with van der Waals surface area (Å²) >= 11 is 0. The van der Waals surface area contributed by atoms with E-state index in [1.165, 1.54) is 11.1 Å². The van der Waals surface area contributed by atoms with Crippen LogP contribution in [0.25, 0.3) is 0 Å². The van der Waals surface area contributed by atoms with Crippen molar-refractivity contribution in [3.05, 3.63) is 71.8 Å². The van der Waals surface area contributed by atoms with Crippen LogP contribution in [0.15, 0.2) is 60.7 Å². The van der Waals surface area contributed by atoms with Crippen LogP contribution in [0.5, 0.6) is 0 Å². The van der Waals surface area contributed by atoms with Gasteiger partial charge in [0, 0.05) is 13.1 Å². The van der Waals surface area contributed by atoms with Crippen LogP contribution in [0, 0.1) is 0 Å². The number of nitrogens with one attached hydrogen (secondary N) is 2. The van der Waals surface area contributed by atoms with Gasteiger partial charge in [0.25, 0.3) is 0 Å². The van der Waals surface area contributed by atoms with Crippen molar-refractivity contribution in [2.75, 3.05) is 41.3 Å². The Morgan fingerprint density at radius 2 is 1.08 bits per heavy atom. The Bertz CT molecular complexity index is 601. The third kappa shape index (κ3) is 5.86. The molecule has 0 bridgehead atoms. The number of amides is 2. The molecular formula is C21H30N4O. The van der Waals surface area contributed by atoms with Crippen molar-refractivity contribution in [2.24, 2.45) is 0 Å². The molecule has 0 aliphatic heterocycles. The zero-order chi connectivity index (χ0) is 18.9. The van der Waals surface area contributed by atoms with E-state index in [-0.39, 0.29) is 18.1 Å². The number of hydrogen-bond donors (Lipinski definition) is 2. The summed E-state index contributed by atoms with van der Waals surface area (Å²) < 4.78 is 0. The van der Waals surface area contributed by atoms with Crippen LogP contribution in [-0.4, -0.2) is 57.1 Å². The van der Waals surface area contributed by atoms with E-state index >= 15 is 0 Å². The summed E-state index contributed by atoms with van der Waals surface area (Å²) in [6, 6.07) is 20.6. The lowest BCUT2D eigenvalue weighted by molar-refractivity contribution is 0.226. The Balaban J connectivity index is 1.89. The molecule has 0 saturated heterocycles. The monoisotopic (exact) mass is 354 g/mol. The molecule has 140 valence electrons. The lowest BCUT2D eigenvalue weighted by atomic mass is 10.1. The molecular weight excluding hydrogens is 324 g/mol. The zero-order valence-corrected chi connectivity index (χ0v) is 16.1. The zero-order valence-electron chi connectivity index (χ0n) is 16.1. The number of benzene rings is 2. The van der Waals surface area contributed by atoms with E-state index in [2.05, 4.69) is 44.7 Å². The first kappa shape index (κ1) is 19.9. The summed E-state index contributed by atoms with van der Waals surface area (Å²) in [5.74, 6) is 0. The number of carbonyl (C=O) groups is 1. The number of nitrogens with zero attached hydrogens (tertiary/aromatic N) is 2. The van der Waals surface area contributed by atoms with E-state index in [1.54, 1.807) is 0 Å². The first-order valence-electron chi connectivity index (χ1n) is 8.93. The Morgan fingerprint density at radius 1 is 0.731 bits per heavy atom. The van der Waals surface area contributed by atoms with Gasteiger partial charge in [-0.15, -0.1) is 0 Å². The van der Waals surface area contributed by atoms with Crippen LogP contribution in [0.3, 0.4) is 0 Å². The summed E-state index contributed by atoms with van der Waals surface area (Å²) in [5.41, 5.74) is 2.38. The molecule has 2 aromatic rings. The van der Waals surface area contributed by atoms with Gasteiger partial charge in [-0.2, -0.15) is 0 Å². The van der Waals surface area contributed by atoms with Gasteiger partial charge in [-0.05, 0) is 39.3 Å². The van der Waals surface area contributed by atoms with Gasteiger partial charge in [0.05, 0.1) is 12.1 Å². The Hall–Kier alpha value is -2.37. The van der Waals surface area contributed by atoms with Crippen molar-refractivity contribution >= 4 is 6.03 Å². The second-order valence-electron chi connectivity index (χ2n) is 6.87. The molecule has 0 aromatic heterocycles. The number of hydrogen-bond acceptors (Lipinski definition) is 3. The van der Waals surface area contributed by atoms with Crippen molar-refractivity contribution in [3.63, 3.8) is 0 Å². The van der Waals surface area contributed by atoms with Gasteiger partial charge in [-0.3, -0.25) is 0 Å². The third-order valence-electron chi connectivity index (χ3n) is 4.53. The van der Waals surface area contributed by atoms with E-state index in [4.69, 9.17) is 0 Å². The quantitative estimate of drug-likeness (QED) is 0.766. The highest BCUT2D eigenvalue weighted by atomic mass is 16.2. The summed E-state index contributed by atoms with van der Waals surface area (Å²) in [7, 11) is 8.09. The molecule has 0 spiro atoms. The SMILES string of the molecule is CN(C)C(CNC(=O)NCC(c1ccccc1)N(C)C)c1ccccc1. The maximum absolute atomic E-state index is 12.3. The Kier molecular flexibility index (Phi) is 7.63. The first-order chi connectivity index (χ1) is 12.5. The fraction of sp³-hybridized carbons (Fsp3) is 0.381. The fourth-order valence-corrected chi connectivity index (χ4v) is 2.99. The highest BCUT2D eigenvalue weighted by Gasteiger charge is 2.17. The van der Waals surface area contributed by atoms with E-state index in [9.17, 15) is 4.79 Å². The molecule has 5 nitrogen and oxygen atoms in total. The van der Waals surface area contributed by atoms with Gasteiger partial charge < -0.3 is 20.4 Å². The molecule has 2 N–H and O–H groups in total. The van der Waals surface area contributed by atoms with Crippen LogP contribution in [-0.2, 0) is 0 Å². The van der Waals surface area contributed by atoms with Gasteiger partial charge in [-0.25, -0.2) is 4.79 Å². The molecule has 0 radical (unpaired) electrons. The number of urea groups is 1. The largest absolute Gasteiger partial charge is 0.336 e. The standard InChI is InChI=1S/C21H30N4O/c1-24(2)19(17-11-7-5-8-12-17)15-22-21(26)23-16-20(25(3)4)18-13-9-6-10-14-18/h5-14,19-20H,15-16H2,1-4H3,(H2,22,23,26). The highest BCUT2D eigenvalue weighted by molar-refractivity contribution is 5.73. The van der Waals surface area contributed by atoms with Crippen LogP contribution >= 0.6 is 0 Å². The van der Waals surface area contributed by atoms with Crippen molar-refractivity contribution in [2.45, 2.75) is 12.1 Å². The minimum absolute atomic E-state index is 0.140. The highest BCUT2D eigenvalue weighted by Crippen LogP contribution is 2.17. The predicted octanol–water partition coefficient (Wildman–Crippen LogP) is 2.89. The van der Waals surface area contributed by atoms with Crippen molar-refractivity contribution in [1.29, 1.82) is 0 Å². The third-order valence-corrected chi connectivity index (χ3v) is 4.53. The second kappa shape index (κ2) is 9.94. The molecule has 2 amide bonds. The van der Waals surface area contributed by atoms with E-state index in [0.717, 1.165) is 0 Å². The summed E-state index contributed by atoms with van der Waals surface area (Å²) in [5, 5.41) is 6.00. The molecule has 2 unspecified atom stereocenters. The Morgan fingerprint density at radius 3 is 1.38 bits per heavy atom. The minimum atomic E-state index is -0.143. The van der Waals surface area contributed by atoms with E-state index in [1.807, 2.05) is 64.6 Å². The number of carbonyl (C=O) groups excluding carboxylic acids is 1. The average Bonchev–Trinajstić information content (AvgIpc) is 2.63. The van der Waals surface area contributed by atoms with Gasteiger partial charge in [0.15, 0.2) is 0 Å². The molecule has 0 fully saturated rings. The normalized spacial score (nSPS) is 13.5.